The molecule has 6 nitrogen and oxygen atoms in total. The minimum atomic E-state index is -2.55. The van der Waals surface area contributed by atoms with Crippen LogP contribution in [0.25, 0.3) is 0 Å². The van der Waals surface area contributed by atoms with Crippen LogP contribution >= 0.6 is 0 Å². The molecule has 1 atom stereocenters. The number of aromatic nitrogens is 1. The van der Waals surface area contributed by atoms with Crippen molar-refractivity contribution < 1.29 is 22.8 Å². The highest BCUT2D eigenvalue weighted by Gasteiger charge is 2.15. The van der Waals surface area contributed by atoms with Crippen molar-refractivity contribution in [2.75, 3.05) is 17.2 Å². The van der Waals surface area contributed by atoms with Crippen molar-refractivity contribution in [2.45, 2.75) is 33.2 Å². The number of halogens is 2. The van der Waals surface area contributed by atoms with Gasteiger partial charge >= 0.3 is 0 Å². The molecular formula is C16H19F2N3O3. The van der Waals surface area contributed by atoms with Crippen molar-refractivity contribution in [1.82, 2.24) is 5.16 Å². The number of hydrogen-bond acceptors (Lipinski definition) is 5. The summed E-state index contributed by atoms with van der Waals surface area (Å²) >= 11 is 0. The number of benzene rings is 1. The molecule has 0 saturated carbocycles. The van der Waals surface area contributed by atoms with Gasteiger partial charge in [0.05, 0.1) is 5.69 Å². The molecule has 0 saturated heterocycles. The number of alkyl halides is 2. The highest BCUT2D eigenvalue weighted by atomic mass is 19.3. The largest absolute Gasteiger partial charge is 0.487 e. The van der Waals surface area contributed by atoms with Crippen LogP contribution in [0.5, 0.6) is 5.75 Å². The number of carbonyl (C=O) groups excluding carboxylic acids is 1. The number of ether oxygens (including phenoxy) is 1. The molecule has 1 heterocycles. The molecule has 0 aliphatic heterocycles. The summed E-state index contributed by atoms with van der Waals surface area (Å²) in [5.74, 6) is 0.288. The third-order valence-electron chi connectivity index (χ3n) is 3.20. The molecule has 24 heavy (non-hydrogen) atoms. The van der Waals surface area contributed by atoms with E-state index in [9.17, 15) is 13.6 Å². The molecule has 1 amide bonds. The van der Waals surface area contributed by atoms with E-state index in [1.54, 1.807) is 45.0 Å². The van der Waals surface area contributed by atoms with E-state index in [-0.39, 0.29) is 11.8 Å². The van der Waals surface area contributed by atoms with Crippen LogP contribution in [0.3, 0.4) is 0 Å². The van der Waals surface area contributed by atoms with Crippen molar-refractivity contribution >= 4 is 17.5 Å². The average Bonchev–Trinajstić information content (AvgIpc) is 2.92. The number of aryl methyl sites for hydroxylation is 2. The smallest absolute Gasteiger partial charge is 0.272 e. The minimum Gasteiger partial charge on any atom is -0.487 e. The molecule has 0 aliphatic rings. The quantitative estimate of drug-likeness (QED) is 0.809. The normalized spacial score (nSPS) is 12.1. The lowest BCUT2D eigenvalue weighted by Crippen LogP contribution is -2.31. The van der Waals surface area contributed by atoms with Gasteiger partial charge in [-0.1, -0.05) is 11.2 Å². The molecule has 2 rings (SSSR count). The Hall–Kier alpha value is -2.64. The molecule has 0 radical (unpaired) electrons. The van der Waals surface area contributed by atoms with Crippen LogP contribution in [0.2, 0.25) is 0 Å². The third kappa shape index (κ3) is 4.94. The van der Waals surface area contributed by atoms with Gasteiger partial charge in [-0.3, -0.25) is 10.1 Å². The van der Waals surface area contributed by atoms with E-state index in [1.165, 1.54) is 0 Å². The maximum absolute atomic E-state index is 12.3. The number of amides is 1. The molecule has 0 fully saturated rings. The van der Waals surface area contributed by atoms with Crippen LogP contribution < -0.4 is 15.4 Å². The van der Waals surface area contributed by atoms with Gasteiger partial charge in [0.15, 0.2) is 0 Å². The van der Waals surface area contributed by atoms with Crippen LogP contribution in [0.4, 0.5) is 20.4 Å². The fourth-order valence-corrected chi connectivity index (χ4v) is 1.97. The Morgan fingerprint density at radius 1 is 1.33 bits per heavy atom. The lowest BCUT2D eigenvalue weighted by molar-refractivity contribution is -0.116. The lowest BCUT2D eigenvalue weighted by atomic mass is 10.2. The van der Waals surface area contributed by atoms with Gasteiger partial charge in [0.1, 0.15) is 18.4 Å². The maximum atomic E-state index is 12.3. The van der Waals surface area contributed by atoms with E-state index >= 15 is 0 Å². The molecule has 130 valence electrons. The molecule has 0 bridgehead atoms. The summed E-state index contributed by atoms with van der Waals surface area (Å²) in [6, 6.07) is 6.08. The summed E-state index contributed by atoms with van der Waals surface area (Å²) in [5, 5.41) is 9.25. The second kappa shape index (κ2) is 7.76. The lowest BCUT2D eigenvalue weighted by Gasteiger charge is -2.16. The Morgan fingerprint density at radius 2 is 2.08 bits per heavy atom. The first kappa shape index (κ1) is 17.7. The predicted octanol–water partition coefficient (Wildman–Crippen LogP) is 3.37. The van der Waals surface area contributed by atoms with E-state index in [0.717, 1.165) is 5.56 Å². The number of nitrogens with one attached hydrogen (secondary N) is 2. The van der Waals surface area contributed by atoms with Gasteiger partial charge in [0.2, 0.25) is 11.8 Å². The zero-order valence-corrected chi connectivity index (χ0v) is 13.6. The topological polar surface area (TPSA) is 76.4 Å². The SMILES string of the molecule is Cc1cc(NC(=O)[C@H](C)Nc2ccc(C)c(OCC(F)F)c2)on1. The van der Waals surface area contributed by atoms with Gasteiger partial charge in [0, 0.05) is 17.8 Å². The van der Waals surface area contributed by atoms with Crippen molar-refractivity contribution in [1.29, 1.82) is 0 Å². The molecule has 2 aromatic rings. The Bertz CT molecular complexity index is 704. The van der Waals surface area contributed by atoms with Crippen molar-refractivity contribution in [2.24, 2.45) is 0 Å². The third-order valence-corrected chi connectivity index (χ3v) is 3.20. The number of anilines is 2. The summed E-state index contributed by atoms with van der Waals surface area (Å²) in [7, 11) is 0. The van der Waals surface area contributed by atoms with E-state index in [1.807, 2.05) is 0 Å². The fourth-order valence-electron chi connectivity index (χ4n) is 1.97. The Labute approximate surface area is 138 Å². The molecule has 1 aromatic heterocycles. The van der Waals surface area contributed by atoms with E-state index in [4.69, 9.17) is 9.26 Å². The Kier molecular flexibility index (Phi) is 5.73. The highest BCUT2D eigenvalue weighted by molar-refractivity contribution is 5.95. The summed E-state index contributed by atoms with van der Waals surface area (Å²) in [6.45, 7) is 4.49. The zero-order chi connectivity index (χ0) is 17.7. The van der Waals surface area contributed by atoms with Crippen LogP contribution in [0.15, 0.2) is 28.8 Å². The number of carbonyl (C=O) groups is 1. The first-order chi connectivity index (χ1) is 11.3. The first-order valence-corrected chi connectivity index (χ1v) is 7.37. The van der Waals surface area contributed by atoms with Crippen molar-refractivity contribution in [3.8, 4) is 5.75 Å². The predicted molar refractivity (Wildman–Crippen MR) is 85.6 cm³/mol. The maximum Gasteiger partial charge on any atom is 0.272 e. The summed E-state index contributed by atoms with van der Waals surface area (Å²) in [6.07, 6.45) is -2.55. The van der Waals surface area contributed by atoms with Gasteiger partial charge in [-0.2, -0.15) is 0 Å². The van der Waals surface area contributed by atoms with Crippen molar-refractivity contribution in [3.63, 3.8) is 0 Å². The number of hydrogen-bond donors (Lipinski definition) is 2. The molecule has 1 aromatic carbocycles. The highest BCUT2D eigenvalue weighted by Crippen LogP contribution is 2.23. The molecule has 0 spiro atoms. The van der Waals surface area contributed by atoms with Gasteiger partial charge < -0.3 is 14.6 Å². The number of nitrogens with zero attached hydrogens (tertiary/aromatic N) is 1. The minimum absolute atomic E-state index is 0.260. The molecular weight excluding hydrogens is 320 g/mol. The number of rotatable bonds is 7. The van der Waals surface area contributed by atoms with E-state index in [2.05, 4.69) is 15.8 Å². The van der Waals surface area contributed by atoms with Gasteiger partial charge in [-0.05, 0) is 32.4 Å². The Balaban J connectivity index is 1.98. The fraction of sp³-hybridized carbons (Fsp3) is 0.375. The molecule has 2 N–H and O–H groups in total. The Morgan fingerprint density at radius 3 is 2.71 bits per heavy atom. The van der Waals surface area contributed by atoms with Crippen LogP contribution in [-0.4, -0.2) is 30.1 Å². The van der Waals surface area contributed by atoms with Crippen LogP contribution in [0, 0.1) is 13.8 Å². The average molecular weight is 339 g/mol. The monoisotopic (exact) mass is 339 g/mol. The van der Waals surface area contributed by atoms with Gasteiger partial charge in [-0.25, -0.2) is 8.78 Å². The second-order valence-electron chi connectivity index (χ2n) is 5.37. The summed E-state index contributed by atoms with van der Waals surface area (Å²) in [5.41, 5.74) is 1.97. The summed E-state index contributed by atoms with van der Waals surface area (Å²) in [4.78, 5) is 12.1. The van der Waals surface area contributed by atoms with E-state index in [0.29, 0.717) is 17.1 Å². The molecule has 8 heteroatoms. The summed E-state index contributed by atoms with van der Waals surface area (Å²) < 4.78 is 34.5. The first-order valence-electron chi connectivity index (χ1n) is 7.37. The van der Waals surface area contributed by atoms with Crippen LogP contribution in [0.1, 0.15) is 18.2 Å². The zero-order valence-electron chi connectivity index (χ0n) is 13.6. The van der Waals surface area contributed by atoms with E-state index < -0.39 is 19.1 Å². The van der Waals surface area contributed by atoms with Gasteiger partial charge in [0.25, 0.3) is 6.43 Å². The standard InChI is InChI=1S/C16H19F2N3O3/c1-9-4-5-12(7-13(9)23-8-14(17)18)19-11(3)16(22)20-15-6-10(2)21-24-15/h4-7,11,14,19H,8H2,1-3H3,(H,20,22)/t11-/m0/s1. The van der Waals surface area contributed by atoms with Crippen LogP contribution in [-0.2, 0) is 4.79 Å². The van der Waals surface area contributed by atoms with Gasteiger partial charge in [-0.15, -0.1) is 0 Å². The molecule has 0 aliphatic carbocycles. The van der Waals surface area contributed by atoms with Crippen molar-refractivity contribution in [3.05, 3.63) is 35.5 Å². The molecule has 0 unspecified atom stereocenters. The second-order valence-corrected chi connectivity index (χ2v) is 5.37.